The van der Waals surface area contributed by atoms with Gasteiger partial charge >= 0.3 is 5.97 Å². The van der Waals surface area contributed by atoms with Gasteiger partial charge < -0.3 is 30.8 Å². The summed E-state index contributed by atoms with van der Waals surface area (Å²) in [6.45, 7) is 3.10. The molecule has 0 saturated heterocycles. The molecule has 1 aromatic heterocycles. The normalized spacial score (nSPS) is 10.8. The number of hydrogen-bond acceptors (Lipinski definition) is 7. The van der Waals surface area contributed by atoms with Gasteiger partial charge in [0.1, 0.15) is 12.6 Å². The van der Waals surface area contributed by atoms with Gasteiger partial charge in [-0.2, -0.15) is 0 Å². The van der Waals surface area contributed by atoms with Crippen molar-refractivity contribution in [2.24, 2.45) is 5.73 Å². The fraction of sp³-hybridized carbons (Fsp3) is 0.647. The Morgan fingerprint density at radius 3 is 2.59 bits per heavy atom. The maximum absolute atomic E-state index is 12.3. The first-order chi connectivity index (χ1) is 13.1. The van der Waals surface area contributed by atoms with Crippen LogP contribution in [0.5, 0.6) is 0 Å². The molecule has 29 heavy (non-hydrogen) atoms. The third-order valence-electron chi connectivity index (χ3n) is 3.49. The van der Waals surface area contributed by atoms with Crippen molar-refractivity contribution in [2.75, 3.05) is 32.9 Å². The summed E-state index contributed by atoms with van der Waals surface area (Å²) in [4.78, 5) is 42.1. The first-order valence-corrected chi connectivity index (χ1v) is 9.04. The van der Waals surface area contributed by atoms with Crippen LogP contribution in [0.4, 0.5) is 0 Å². The number of rotatable bonds is 14. The topological polar surface area (TPSA) is 148 Å². The lowest BCUT2D eigenvalue weighted by Gasteiger charge is -2.18. The zero-order valence-electron chi connectivity index (χ0n) is 16.5. The minimum absolute atomic E-state index is 0. The quantitative estimate of drug-likeness (QED) is 0.229. The van der Waals surface area contributed by atoms with E-state index in [1.807, 2.05) is 6.92 Å². The molecule has 2 amide bonds. The summed E-state index contributed by atoms with van der Waals surface area (Å²) >= 11 is 0. The monoisotopic (exact) mass is 455 g/mol. The first kappa shape index (κ1) is 29.3. The van der Waals surface area contributed by atoms with Crippen molar-refractivity contribution in [2.45, 2.75) is 38.6 Å². The van der Waals surface area contributed by atoms with Crippen LogP contribution in [0.25, 0.3) is 0 Å². The van der Waals surface area contributed by atoms with Crippen molar-refractivity contribution in [3.8, 4) is 0 Å². The van der Waals surface area contributed by atoms with Crippen molar-refractivity contribution >= 4 is 42.6 Å². The van der Waals surface area contributed by atoms with Crippen molar-refractivity contribution in [3.63, 3.8) is 0 Å². The highest BCUT2D eigenvalue weighted by Gasteiger charge is 2.21. The second-order valence-electron chi connectivity index (χ2n) is 5.81. The minimum atomic E-state index is -0.737. The average molecular weight is 456 g/mol. The maximum Gasteiger partial charge on any atom is 0.305 e. The third-order valence-corrected chi connectivity index (χ3v) is 3.49. The summed E-state index contributed by atoms with van der Waals surface area (Å²) in [5.74, 6) is -0.862. The molecule has 1 rings (SSSR count). The number of carbonyl (C=O) groups excluding carboxylic acids is 3. The fourth-order valence-electron chi connectivity index (χ4n) is 2.19. The molecule has 0 aromatic carbocycles. The van der Waals surface area contributed by atoms with Gasteiger partial charge in [0.25, 0.3) is 0 Å². The van der Waals surface area contributed by atoms with Gasteiger partial charge in [-0.1, -0.05) is 6.92 Å². The van der Waals surface area contributed by atoms with Crippen molar-refractivity contribution in [3.05, 3.63) is 18.2 Å². The van der Waals surface area contributed by atoms with Gasteiger partial charge in [0, 0.05) is 44.2 Å². The molecule has 0 aliphatic rings. The molecule has 0 unspecified atom stereocenters. The molecule has 0 bridgehead atoms. The molecule has 5 N–H and O–H groups in total. The van der Waals surface area contributed by atoms with Gasteiger partial charge in [0.05, 0.1) is 19.5 Å². The number of aromatic amines is 1. The summed E-state index contributed by atoms with van der Waals surface area (Å²) in [6, 6.07) is -0.737. The Labute approximate surface area is 182 Å². The van der Waals surface area contributed by atoms with Gasteiger partial charge in [-0.15, -0.1) is 24.8 Å². The number of H-pyrrole nitrogens is 1. The van der Waals surface area contributed by atoms with Gasteiger partial charge in [0.15, 0.2) is 0 Å². The van der Waals surface area contributed by atoms with Crippen LogP contribution >= 0.6 is 24.8 Å². The van der Waals surface area contributed by atoms with Crippen LogP contribution in [-0.2, 0) is 30.3 Å². The molecule has 0 fully saturated rings. The van der Waals surface area contributed by atoms with Crippen LogP contribution in [0, 0.1) is 0 Å². The molecule has 0 aliphatic carbocycles. The van der Waals surface area contributed by atoms with E-state index in [2.05, 4.69) is 20.6 Å². The van der Waals surface area contributed by atoms with E-state index in [0.29, 0.717) is 6.42 Å². The van der Waals surface area contributed by atoms with Crippen molar-refractivity contribution < 1.29 is 23.9 Å². The molecule has 168 valence electrons. The van der Waals surface area contributed by atoms with E-state index in [9.17, 15) is 14.4 Å². The van der Waals surface area contributed by atoms with E-state index in [4.69, 9.17) is 15.2 Å². The number of nitrogens with zero attached hydrogens (tertiary/aromatic N) is 1. The summed E-state index contributed by atoms with van der Waals surface area (Å²) in [5, 5.41) is 5.38. The number of esters is 1. The predicted octanol–water partition coefficient (Wildman–Crippen LogP) is 0.106. The predicted molar refractivity (Wildman–Crippen MR) is 112 cm³/mol. The number of amides is 2. The fourth-order valence-corrected chi connectivity index (χ4v) is 2.19. The molecule has 0 radical (unpaired) electrons. The largest absolute Gasteiger partial charge is 0.463 e. The Morgan fingerprint density at radius 2 is 1.97 bits per heavy atom. The maximum atomic E-state index is 12.3. The number of halogens is 2. The first-order valence-electron chi connectivity index (χ1n) is 9.04. The summed E-state index contributed by atoms with van der Waals surface area (Å²) in [6.07, 6.45) is 4.67. The second kappa shape index (κ2) is 18.2. The lowest BCUT2D eigenvalue weighted by Crippen LogP contribution is -2.49. The van der Waals surface area contributed by atoms with Crippen LogP contribution in [-0.4, -0.2) is 66.7 Å². The summed E-state index contributed by atoms with van der Waals surface area (Å²) < 4.78 is 10.3. The molecule has 1 aromatic rings. The second-order valence-corrected chi connectivity index (χ2v) is 5.81. The highest BCUT2D eigenvalue weighted by Crippen LogP contribution is 1.99. The number of ether oxygens (including phenoxy) is 2. The smallest absolute Gasteiger partial charge is 0.305 e. The number of hydrogen-bond donors (Lipinski definition) is 4. The molecular formula is C17H31Cl2N5O5. The van der Waals surface area contributed by atoms with E-state index < -0.39 is 6.04 Å². The van der Waals surface area contributed by atoms with Crippen molar-refractivity contribution in [1.82, 2.24) is 20.6 Å². The number of nitrogens with one attached hydrogen (secondary N) is 3. The number of imidazole rings is 1. The minimum Gasteiger partial charge on any atom is -0.463 e. The molecule has 1 heterocycles. The highest BCUT2D eigenvalue weighted by molar-refractivity contribution is 5.87. The van der Waals surface area contributed by atoms with Crippen LogP contribution < -0.4 is 16.4 Å². The standard InChI is InChI=1S/C17H29N5O5.2ClH/c1-2-3-16(24)27-9-8-26-7-6-20-17(25)14(22-15(23)4-5-18)10-13-11-19-12-21-13;;/h11-12,14H,2-10,18H2,1H3,(H,19,21)(H,20,25)(H,22,23);2*1H/t14-;;/m0../s1. The van der Waals surface area contributed by atoms with E-state index in [0.717, 1.165) is 12.1 Å². The summed E-state index contributed by atoms with van der Waals surface area (Å²) in [5.41, 5.74) is 6.10. The summed E-state index contributed by atoms with van der Waals surface area (Å²) in [7, 11) is 0. The van der Waals surface area contributed by atoms with E-state index in [1.54, 1.807) is 6.20 Å². The lowest BCUT2D eigenvalue weighted by molar-refractivity contribution is -0.145. The third kappa shape index (κ3) is 13.9. The van der Waals surface area contributed by atoms with E-state index in [-0.39, 0.29) is 88.3 Å². The Morgan fingerprint density at radius 1 is 1.21 bits per heavy atom. The van der Waals surface area contributed by atoms with Gasteiger partial charge in [0.2, 0.25) is 11.8 Å². The number of aromatic nitrogens is 2. The Kier molecular flexibility index (Phi) is 18.4. The molecule has 0 spiro atoms. The van der Waals surface area contributed by atoms with Gasteiger partial charge in [-0.25, -0.2) is 4.98 Å². The molecular weight excluding hydrogens is 425 g/mol. The van der Waals surface area contributed by atoms with Gasteiger partial charge in [-0.3, -0.25) is 14.4 Å². The zero-order valence-corrected chi connectivity index (χ0v) is 18.1. The zero-order chi connectivity index (χ0) is 19.9. The SMILES string of the molecule is CCCC(=O)OCCOCCNC(=O)[C@H](Cc1cnc[nH]1)NC(=O)CCN.Cl.Cl. The van der Waals surface area contributed by atoms with Crippen LogP contribution in [0.15, 0.2) is 12.5 Å². The number of carbonyl (C=O) groups is 3. The molecule has 1 atom stereocenters. The molecule has 0 aliphatic heterocycles. The van der Waals surface area contributed by atoms with E-state index in [1.165, 1.54) is 6.33 Å². The molecule has 10 nitrogen and oxygen atoms in total. The Bertz CT molecular complexity index is 575. The van der Waals surface area contributed by atoms with E-state index >= 15 is 0 Å². The van der Waals surface area contributed by atoms with Gasteiger partial charge in [-0.05, 0) is 6.42 Å². The van der Waals surface area contributed by atoms with Crippen molar-refractivity contribution in [1.29, 1.82) is 0 Å². The Hall–Kier alpha value is -1.88. The number of nitrogens with two attached hydrogens (primary N) is 1. The highest BCUT2D eigenvalue weighted by atomic mass is 35.5. The average Bonchev–Trinajstić information content (AvgIpc) is 3.13. The molecule has 12 heteroatoms. The van der Waals surface area contributed by atoms with Crippen LogP contribution in [0.3, 0.4) is 0 Å². The molecule has 0 saturated carbocycles. The lowest BCUT2D eigenvalue weighted by atomic mass is 10.1. The Balaban J connectivity index is 0. The van der Waals surface area contributed by atoms with Crippen LogP contribution in [0.2, 0.25) is 0 Å². The van der Waals surface area contributed by atoms with Crippen LogP contribution in [0.1, 0.15) is 31.9 Å².